The van der Waals surface area contributed by atoms with Crippen molar-refractivity contribution in [2.45, 2.75) is 12.8 Å². The highest BCUT2D eigenvalue weighted by Crippen LogP contribution is 2.40. The van der Waals surface area contributed by atoms with Crippen molar-refractivity contribution in [3.8, 4) is 16.9 Å². The number of nitrogens with two attached hydrogens (primary N) is 1. The van der Waals surface area contributed by atoms with Gasteiger partial charge in [0.05, 0.1) is 10.0 Å². The van der Waals surface area contributed by atoms with Crippen LogP contribution in [-0.2, 0) is 11.2 Å². The highest BCUT2D eigenvalue weighted by molar-refractivity contribution is 6.44. The van der Waals surface area contributed by atoms with Gasteiger partial charge in [-0.25, -0.2) is 0 Å². The van der Waals surface area contributed by atoms with E-state index in [9.17, 15) is 9.90 Å². The third-order valence-corrected chi connectivity index (χ3v) is 3.78. The number of hydrogen-bond acceptors (Lipinski definition) is 2. The summed E-state index contributed by atoms with van der Waals surface area (Å²) >= 11 is 12.1. The Kier molecular flexibility index (Phi) is 4.53. The molecule has 0 saturated heterocycles. The molecule has 0 atom stereocenters. The minimum Gasteiger partial charge on any atom is -0.507 e. The fourth-order valence-electron chi connectivity index (χ4n) is 1.92. The van der Waals surface area contributed by atoms with Gasteiger partial charge in [-0.2, -0.15) is 0 Å². The van der Waals surface area contributed by atoms with Crippen LogP contribution in [0, 0.1) is 0 Å². The van der Waals surface area contributed by atoms with Crippen molar-refractivity contribution >= 4 is 29.1 Å². The monoisotopic (exact) mass is 309 g/mol. The van der Waals surface area contributed by atoms with Crippen LogP contribution >= 0.6 is 23.2 Å². The van der Waals surface area contributed by atoms with Gasteiger partial charge in [0, 0.05) is 12.0 Å². The summed E-state index contributed by atoms with van der Waals surface area (Å²) in [7, 11) is 0. The van der Waals surface area contributed by atoms with E-state index in [1.54, 1.807) is 6.07 Å². The molecule has 2 rings (SSSR count). The molecule has 0 aliphatic heterocycles. The van der Waals surface area contributed by atoms with Crippen LogP contribution in [0.15, 0.2) is 36.4 Å². The second-order valence-corrected chi connectivity index (χ2v) is 5.20. The normalized spacial score (nSPS) is 10.5. The maximum Gasteiger partial charge on any atom is 0.217 e. The molecule has 0 aliphatic carbocycles. The molecule has 1 amide bonds. The molecular weight excluding hydrogens is 297 g/mol. The number of phenolic OH excluding ortho intramolecular Hbond substituents is 1. The molecule has 20 heavy (non-hydrogen) atoms. The number of hydrogen-bond donors (Lipinski definition) is 2. The van der Waals surface area contributed by atoms with Crippen molar-refractivity contribution in [2.75, 3.05) is 0 Å². The molecule has 3 N–H and O–H groups in total. The van der Waals surface area contributed by atoms with E-state index in [0.29, 0.717) is 28.5 Å². The quantitative estimate of drug-likeness (QED) is 0.902. The molecule has 0 heterocycles. The topological polar surface area (TPSA) is 63.3 Å². The number of benzene rings is 2. The molecule has 0 bridgehead atoms. The number of phenols is 1. The SMILES string of the molecule is NC(=O)CCc1ccc(-c2c(O)ccc(Cl)c2Cl)cc1. The molecule has 0 spiro atoms. The predicted octanol–water partition coefficient (Wildman–Crippen LogP) is 3.78. The zero-order chi connectivity index (χ0) is 14.7. The van der Waals surface area contributed by atoms with Crippen molar-refractivity contribution in [3.63, 3.8) is 0 Å². The summed E-state index contributed by atoms with van der Waals surface area (Å²) in [5.74, 6) is -0.256. The molecule has 0 radical (unpaired) electrons. The maximum atomic E-state index is 10.7. The Bertz CT molecular complexity index is 639. The lowest BCUT2D eigenvalue weighted by atomic mass is 10.0. The lowest BCUT2D eigenvalue weighted by Gasteiger charge is -2.09. The lowest BCUT2D eigenvalue weighted by molar-refractivity contribution is -0.117. The number of aromatic hydroxyl groups is 1. The Morgan fingerprint density at radius 2 is 1.75 bits per heavy atom. The molecular formula is C15H13Cl2NO2. The second kappa shape index (κ2) is 6.16. The number of primary amides is 1. The maximum absolute atomic E-state index is 10.7. The van der Waals surface area contributed by atoms with E-state index in [1.165, 1.54) is 6.07 Å². The van der Waals surface area contributed by atoms with Crippen LogP contribution in [0.5, 0.6) is 5.75 Å². The van der Waals surface area contributed by atoms with E-state index >= 15 is 0 Å². The third kappa shape index (κ3) is 3.24. The zero-order valence-corrected chi connectivity index (χ0v) is 12.1. The number of carbonyl (C=O) groups is 1. The van der Waals surface area contributed by atoms with Crippen LogP contribution in [0.4, 0.5) is 0 Å². The van der Waals surface area contributed by atoms with Crippen molar-refractivity contribution < 1.29 is 9.90 Å². The van der Waals surface area contributed by atoms with Crippen LogP contribution in [0.2, 0.25) is 10.0 Å². The predicted molar refractivity (Wildman–Crippen MR) is 81.1 cm³/mol. The zero-order valence-electron chi connectivity index (χ0n) is 10.6. The van der Waals surface area contributed by atoms with E-state index in [4.69, 9.17) is 28.9 Å². The summed E-state index contributed by atoms with van der Waals surface area (Å²) in [6.07, 6.45) is 0.896. The fourth-order valence-corrected chi connectivity index (χ4v) is 2.35. The van der Waals surface area contributed by atoms with Gasteiger partial charge in [0.15, 0.2) is 0 Å². The summed E-state index contributed by atoms with van der Waals surface area (Å²) < 4.78 is 0. The highest BCUT2D eigenvalue weighted by atomic mass is 35.5. The van der Waals surface area contributed by atoms with E-state index in [-0.39, 0.29) is 11.7 Å². The molecule has 0 fully saturated rings. The first-order valence-corrected chi connectivity index (χ1v) is 6.79. The van der Waals surface area contributed by atoms with Crippen molar-refractivity contribution in [2.24, 2.45) is 5.73 Å². The van der Waals surface area contributed by atoms with Gasteiger partial charge in [0.2, 0.25) is 5.91 Å². The third-order valence-electron chi connectivity index (χ3n) is 2.98. The van der Waals surface area contributed by atoms with E-state index < -0.39 is 0 Å². The Labute approximate surface area is 126 Å². The summed E-state index contributed by atoms with van der Waals surface area (Å²) in [5.41, 5.74) is 7.37. The Hall–Kier alpha value is -1.71. The van der Waals surface area contributed by atoms with Gasteiger partial charge in [-0.3, -0.25) is 4.79 Å². The lowest BCUT2D eigenvalue weighted by Crippen LogP contribution is -2.11. The second-order valence-electron chi connectivity index (χ2n) is 4.42. The van der Waals surface area contributed by atoms with Crippen LogP contribution in [0.25, 0.3) is 11.1 Å². The molecule has 2 aromatic rings. The van der Waals surface area contributed by atoms with Gasteiger partial charge in [-0.1, -0.05) is 47.5 Å². The fraction of sp³-hybridized carbons (Fsp3) is 0.133. The molecule has 0 unspecified atom stereocenters. The van der Waals surface area contributed by atoms with Crippen molar-refractivity contribution in [3.05, 3.63) is 52.0 Å². The summed E-state index contributed by atoms with van der Waals surface area (Å²) in [4.78, 5) is 10.7. The molecule has 0 saturated carbocycles. The van der Waals surface area contributed by atoms with Gasteiger partial charge in [0.25, 0.3) is 0 Å². The summed E-state index contributed by atoms with van der Waals surface area (Å²) in [6.45, 7) is 0. The van der Waals surface area contributed by atoms with E-state index in [0.717, 1.165) is 11.1 Å². The molecule has 0 aliphatic rings. The van der Waals surface area contributed by atoms with Gasteiger partial charge in [0.1, 0.15) is 5.75 Å². The number of halogens is 2. The van der Waals surface area contributed by atoms with E-state index in [1.807, 2.05) is 24.3 Å². The Morgan fingerprint density at radius 1 is 1.10 bits per heavy atom. The Morgan fingerprint density at radius 3 is 2.35 bits per heavy atom. The van der Waals surface area contributed by atoms with Gasteiger partial charge < -0.3 is 10.8 Å². The molecule has 104 valence electrons. The number of carbonyl (C=O) groups excluding carboxylic acids is 1. The highest BCUT2D eigenvalue weighted by Gasteiger charge is 2.12. The summed E-state index contributed by atoms with van der Waals surface area (Å²) in [6, 6.07) is 10.4. The number of aryl methyl sites for hydroxylation is 1. The first-order valence-electron chi connectivity index (χ1n) is 6.03. The van der Waals surface area contributed by atoms with Crippen LogP contribution in [0.1, 0.15) is 12.0 Å². The molecule has 0 aromatic heterocycles. The van der Waals surface area contributed by atoms with Crippen LogP contribution in [-0.4, -0.2) is 11.0 Å². The van der Waals surface area contributed by atoms with Crippen molar-refractivity contribution in [1.29, 1.82) is 0 Å². The minimum absolute atomic E-state index is 0.0734. The molecule has 5 heteroatoms. The van der Waals surface area contributed by atoms with E-state index in [2.05, 4.69) is 0 Å². The van der Waals surface area contributed by atoms with Gasteiger partial charge in [-0.15, -0.1) is 0 Å². The number of amides is 1. The minimum atomic E-state index is -0.329. The number of rotatable bonds is 4. The average Bonchev–Trinajstić information content (AvgIpc) is 2.42. The largest absolute Gasteiger partial charge is 0.507 e. The van der Waals surface area contributed by atoms with Gasteiger partial charge in [-0.05, 0) is 29.7 Å². The molecule has 2 aromatic carbocycles. The van der Waals surface area contributed by atoms with Crippen molar-refractivity contribution in [1.82, 2.24) is 0 Å². The van der Waals surface area contributed by atoms with Gasteiger partial charge >= 0.3 is 0 Å². The first kappa shape index (κ1) is 14.7. The first-order chi connectivity index (χ1) is 9.49. The smallest absolute Gasteiger partial charge is 0.217 e. The van der Waals surface area contributed by atoms with Crippen LogP contribution in [0.3, 0.4) is 0 Å². The standard InChI is InChI=1S/C15H13Cl2NO2/c16-11-6-7-12(19)14(15(11)17)10-4-1-9(2-5-10)3-8-13(18)20/h1-2,4-7,19H,3,8H2,(H2,18,20). The Balaban J connectivity index is 2.31. The van der Waals surface area contributed by atoms with Crippen LogP contribution < -0.4 is 5.73 Å². The average molecular weight is 310 g/mol. The molecule has 3 nitrogen and oxygen atoms in total. The summed E-state index contributed by atoms with van der Waals surface area (Å²) in [5, 5.41) is 10.6.